The molecule has 2 aliphatic heterocycles. The zero-order valence-electron chi connectivity index (χ0n) is 11.8. The quantitative estimate of drug-likeness (QED) is 0.568. The fourth-order valence-electron chi connectivity index (χ4n) is 3.15. The molecule has 19 heavy (non-hydrogen) atoms. The number of hydrogen-bond donors (Lipinski definition) is 0. The Bertz CT molecular complexity index is 344. The predicted molar refractivity (Wildman–Crippen MR) is 69.6 cm³/mol. The van der Waals surface area contributed by atoms with E-state index in [2.05, 4.69) is 6.92 Å². The van der Waals surface area contributed by atoms with Crippen molar-refractivity contribution in [3.63, 3.8) is 0 Å². The average molecular weight is 269 g/mol. The molecule has 2 bridgehead atoms. The minimum absolute atomic E-state index is 0.0156. The number of fused-ring (bicyclic) bond motifs is 2. The van der Waals surface area contributed by atoms with Crippen molar-refractivity contribution in [1.29, 1.82) is 0 Å². The third kappa shape index (κ3) is 2.85. The molecule has 0 aromatic heterocycles. The Morgan fingerprint density at radius 1 is 1.21 bits per heavy atom. The lowest BCUT2D eigenvalue weighted by Gasteiger charge is -2.23. The molecule has 2 rings (SSSR count). The molecule has 0 aromatic carbocycles. The number of unbranched alkanes of at least 4 members (excludes halogenated alkanes) is 1. The van der Waals surface area contributed by atoms with Gasteiger partial charge in [0.2, 0.25) is 0 Å². The number of ether oxygens (including phenoxy) is 2. The second kappa shape index (κ2) is 6.26. The Kier molecular flexibility index (Phi) is 4.66. The van der Waals surface area contributed by atoms with Crippen LogP contribution in [-0.2, 0) is 14.3 Å². The molecule has 0 saturated carbocycles. The summed E-state index contributed by atoms with van der Waals surface area (Å²) in [5, 5.41) is 0. The van der Waals surface area contributed by atoms with Gasteiger partial charge in [-0.2, -0.15) is 0 Å². The Balaban J connectivity index is 1.92. The average Bonchev–Trinajstić information content (AvgIpc) is 2.96. The molecule has 0 aliphatic carbocycles. The molecule has 3 unspecified atom stereocenters. The van der Waals surface area contributed by atoms with Gasteiger partial charge in [0.25, 0.3) is 0 Å². The highest BCUT2D eigenvalue weighted by Gasteiger charge is 2.52. The lowest BCUT2D eigenvalue weighted by atomic mass is 9.89. The van der Waals surface area contributed by atoms with Crippen molar-refractivity contribution >= 4 is 12.1 Å². The number of amides is 1. The van der Waals surface area contributed by atoms with Crippen LogP contribution in [0.3, 0.4) is 0 Å². The van der Waals surface area contributed by atoms with Crippen molar-refractivity contribution in [1.82, 2.24) is 4.90 Å². The van der Waals surface area contributed by atoms with Gasteiger partial charge in [0.15, 0.2) is 0 Å². The molecular weight excluding hydrogens is 246 g/mol. The smallest absolute Gasteiger partial charge is 0.410 e. The van der Waals surface area contributed by atoms with Gasteiger partial charge in [-0.15, -0.1) is 0 Å². The molecule has 0 spiro atoms. The second-order valence-corrected chi connectivity index (χ2v) is 5.27. The van der Waals surface area contributed by atoms with E-state index >= 15 is 0 Å². The Morgan fingerprint density at radius 3 is 2.68 bits per heavy atom. The normalized spacial score (nSPS) is 28.5. The van der Waals surface area contributed by atoms with Crippen molar-refractivity contribution in [3.05, 3.63) is 0 Å². The van der Waals surface area contributed by atoms with Crippen LogP contribution in [0, 0.1) is 5.92 Å². The van der Waals surface area contributed by atoms with E-state index in [-0.39, 0.29) is 30.1 Å². The molecule has 108 valence electrons. The molecule has 1 amide bonds. The largest absolute Gasteiger partial charge is 0.466 e. The van der Waals surface area contributed by atoms with Crippen LogP contribution in [0.25, 0.3) is 0 Å². The molecule has 0 aromatic rings. The highest BCUT2D eigenvalue weighted by Crippen LogP contribution is 2.42. The van der Waals surface area contributed by atoms with Crippen LogP contribution in [-0.4, -0.2) is 42.3 Å². The minimum Gasteiger partial charge on any atom is -0.466 e. The number of nitrogens with zero attached hydrogens (tertiary/aromatic N) is 1. The molecule has 2 heterocycles. The van der Waals surface area contributed by atoms with Crippen molar-refractivity contribution in [3.8, 4) is 0 Å². The van der Waals surface area contributed by atoms with Gasteiger partial charge in [-0.05, 0) is 32.6 Å². The van der Waals surface area contributed by atoms with Crippen LogP contribution in [0.5, 0.6) is 0 Å². The van der Waals surface area contributed by atoms with E-state index in [1.165, 1.54) is 0 Å². The van der Waals surface area contributed by atoms with E-state index in [9.17, 15) is 9.59 Å². The van der Waals surface area contributed by atoms with E-state index in [1.807, 2.05) is 6.92 Å². The summed E-state index contributed by atoms with van der Waals surface area (Å²) in [5.41, 5.74) is 0. The fourth-order valence-corrected chi connectivity index (χ4v) is 3.15. The molecule has 3 atom stereocenters. The van der Waals surface area contributed by atoms with Gasteiger partial charge < -0.3 is 14.4 Å². The molecule has 5 heteroatoms. The Morgan fingerprint density at radius 2 is 2.00 bits per heavy atom. The zero-order valence-corrected chi connectivity index (χ0v) is 11.8. The summed E-state index contributed by atoms with van der Waals surface area (Å²) in [6.07, 6.45) is 4.22. The lowest BCUT2D eigenvalue weighted by molar-refractivity contribution is -0.148. The predicted octanol–water partition coefficient (Wildman–Crippen LogP) is 2.34. The van der Waals surface area contributed by atoms with Crippen molar-refractivity contribution in [2.45, 2.75) is 58.0 Å². The second-order valence-electron chi connectivity index (χ2n) is 5.27. The van der Waals surface area contributed by atoms with Crippen LogP contribution in [0.15, 0.2) is 0 Å². The maximum absolute atomic E-state index is 12.1. The standard InChI is InChI=1S/C14H23NO4/c1-3-5-8-19-14(17)15-10-6-7-12(15)11(9-10)13(16)18-4-2/h10-12H,3-9H2,1-2H3. The molecule has 2 saturated heterocycles. The number of esters is 1. The van der Waals surface area contributed by atoms with Gasteiger partial charge in [0, 0.05) is 12.1 Å². The van der Waals surface area contributed by atoms with Crippen LogP contribution in [0.2, 0.25) is 0 Å². The third-order valence-electron chi connectivity index (χ3n) is 4.06. The Hall–Kier alpha value is -1.26. The topological polar surface area (TPSA) is 55.8 Å². The summed E-state index contributed by atoms with van der Waals surface area (Å²) in [6.45, 7) is 4.73. The number of rotatable bonds is 5. The monoisotopic (exact) mass is 269 g/mol. The molecular formula is C14H23NO4. The molecule has 2 fully saturated rings. The first-order chi connectivity index (χ1) is 9.19. The van der Waals surface area contributed by atoms with Gasteiger partial charge in [0.05, 0.1) is 19.1 Å². The van der Waals surface area contributed by atoms with Crippen LogP contribution in [0.1, 0.15) is 46.0 Å². The van der Waals surface area contributed by atoms with E-state index < -0.39 is 0 Å². The number of hydrogen-bond acceptors (Lipinski definition) is 4. The summed E-state index contributed by atoms with van der Waals surface area (Å²) in [6, 6.07) is 0.145. The van der Waals surface area contributed by atoms with Gasteiger partial charge in [-0.25, -0.2) is 4.79 Å². The molecule has 0 N–H and O–H groups in total. The fraction of sp³-hybridized carbons (Fsp3) is 0.857. The lowest BCUT2D eigenvalue weighted by Crippen LogP contribution is -2.38. The zero-order chi connectivity index (χ0) is 13.8. The minimum atomic E-state index is -0.257. The first kappa shape index (κ1) is 14.2. The molecule has 5 nitrogen and oxygen atoms in total. The summed E-state index contributed by atoms with van der Waals surface area (Å²) in [7, 11) is 0. The van der Waals surface area contributed by atoms with Gasteiger partial charge in [-0.3, -0.25) is 4.79 Å². The number of carbonyl (C=O) groups is 2. The summed E-state index contributed by atoms with van der Waals surface area (Å²) in [5.74, 6) is -0.321. The van der Waals surface area contributed by atoms with Crippen molar-refractivity contribution in [2.24, 2.45) is 5.92 Å². The summed E-state index contributed by atoms with van der Waals surface area (Å²) < 4.78 is 10.4. The highest BCUT2D eigenvalue weighted by molar-refractivity contribution is 5.77. The summed E-state index contributed by atoms with van der Waals surface area (Å²) >= 11 is 0. The van der Waals surface area contributed by atoms with Crippen LogP contribution >= 0.6 is 0 Å². The van der Waals surface area contributed by atoms with Gasteiger partial charge >= 0.3 is 12.1 Å². The van der Waals surface area contributed by atoms with E-state index in [0.29, 0.717) is 13.2 Å². The van der Waals surface area contributed by atoms with Gasteiger partial charge in [0.1, 0.15) is 0 Å². The maximum atomic E-state index is 12.1. The molecule has 2 aliphatic rings. The van der Waals surface area contributed by atoms with E-state index in [0.717, 1.165) is 32.1 Å². The van der Waals surface area contributed by atoms with Crippen molar-refractivity contribution in [2.75, 3.05) is 13.2 Å². The highest BCUT2D eigenvalue weighted by atomic mass is 16.6. The third-order valence-corrected chi connectivity index (χ3v) is 4.06. The van der Waals surface area contributed by atoms with E-state index in [1.54, 1.807) is 4.90 Å². The van der Waals surface area contributed by atoms with Crippen molar-refractivity contribution < 1.29 is 19.1 Å². The molecule has 0 radical (unpaired) electrons. The van der Waals surface area contributed by atoms with Crippen LogP contribution < -0.4 is 0 Å². The number of carbonyl (C=O) groups excluding carboxylic acids is 2. The van der Waals surface area contributed by atoms with Crippen LogP contribution in [0.4, 0.5) is 4.79 Å². The Labute approximate surface area is 114 Å². The van der Waals surface area contributed by atoms with Gasteiger partial charge in [-0.1, -0.05) is 13.3 Å². The first-order valence-electron chi connectivity index (χ1n) is 7.30. The first-order valence-corrected chi connectivity index (χ1v) is 7.30. The van der Waals surface area contributed by atoms with E-state index in [4.69, 9.17) is 9.47 Å². The maximum Gasteiger partial charge on any atom is 0.410 e. The summed E-state index contributed by atoms with van der Waals surface area (Å²) in [4.78, 5) is 25.7. The SMILES string of the molecule is CCCCOC(=O)N1C2CCC1C(C(=O)OCC)C2.